The summed E-state index contributed by atoms with van der Waals surface area (Å²) in [5.74, 6) is -1.45. The zero-order valence-electron chi connectivity index (χ0n) is 29.3. The van der Waals surface area contributed by atoms with Crippen molar-refractivity contribution in [2.45, 2.75) is 13.1 Å². The molecule has 8 rings (SSSR count). The highest BCUT2D eigenvalue weighted by molar-refractivity contribution is 6.29. The number of hydrogen-bond donors (Lipinski definition) is 0. The Labute approximate surface area is 320 Å². The minimum absolute atomic E-state index is 0.131. The van der Waals surface area contributed by atoms with E-state index in [4.69, 9.17) is 20.6 Å². The first-order valence-corrected chi connectivity index (χ1v) is 17.0. The molecule has 0 saturated heterocycles. The van der Waals surface area contributed by atoms with Crippen LogP contribution in [0.25, 0.3) is 45.8 Å². The van der Waals surface area contributed by atoms with Gasteiger partial charge < -0.3 is 13.9 Å². The summed E-state index contributed by atoms with van der Waals surface area (Å²) in [4.78, 5) is 17.8. The normalized spacial score (nSPS) is 11.0. The minimum atomic E-state index is -0.724. The first-order chi connectivity index (χ1) is 27.2. The lowest BCUT2D eigenvalue weighted by atomic mass is 10.2. The van der Waals surface area contributed by atoms with Crippen LogP contribution in [0.15, 0.2) is 119 Å². The Balaban J connectivity index is 0.000000173. The van der Waals surface area contributed by atoms with Crippen molar-refractivity contribution in [2.24, 2.45) is 0 Å². The summed E-state index contributed by atoms with van der Waals surface area (Å²) in [7, 11) is 1.70. The summed E-state index contributed by atoms with van der Waals surface area (Å²) in [5.41, 5.74) is 3.86. The molecule has 6 aromatic heterocycles. The van der Waals surface area contributed by atoms with Crippen molar-refractivity contribution >= 4 is 17.4 Å². The quantitative estimate of drug-likeness (QED) is 0.0718. The number of rotatable bonds is 11. The Morgan fingerprint density at radius 3 is 1.64 bits per heavy atom. The predicted molar refractivity (Wildman–Crippen MR) is 197 cm³/mol. The molecule has 0 radical (unpaired) electrons. The Morgan fingerprint density at radius 1 is 0.679 bits per heavy atom. The zero-order valence-corrected chi connectivity index (χ0v) is 30.0. The molecule has 0 saturated carbocycles. The van der Waals surface area contributed by atoms with E-state index in [1.165, 1.54) is 24.7 Å². The number of hydrogen-bond acceptors (Lipinski definition) is 11. The van der Waals surface area contributed by atoms with E-state index in [1.807, 2.05) is 0 Å². The average molecular weight is 782 g/mol. The van der Waals surface area contributed by atoms with Crippen LogP contribution in [-0.4, -0.2) is 63.4 Å². The molecule has 0 bridgehead atoms. The van der Waals surface area contributed by atoms with E-state index in [9.17, 15) is 17.6 Å². The van der Waals surface area contributed by atoms with Crippen molar-refractivity contribution in [1.82, 2.24) is 49.8 Å². The second-order valence-corrected chi connectivity index (χ2v) is 12.3. The lowest BCUT2D eigenvalue weighted by molar-refractivity contribution is 0.421. The van der Waals surface area contributed by atoms with E-state index in [-0.39, 0.29) is 47.3 Å². The summed E-state index contributed by atoms with van der Waals surface area (Å²) >= 11 is 5.72. The molecule has 8 aromatic rings. The van der Waals surface area contributed by atoms with E-state index in [2.05, 4.69) is 47.0 Å². The van der Waals surface area contributed by atoms with Gasteiger partial charge in [-0.3, -0.25) is 9.36 Å². The molecule has 18 heteroatoms. The van der Waals surface area contributed by atoms with Crippen molar-refractivity contribution in [3.05, 3.63) is 150 Å². The summed E-state index contributed by atoms with van der Waals surface area (Å²) < 4.78 is 68.7. The maximum atomic E-state index is 14.2. The molecular weight excluding hydrogens is 754 g/mol. The molecular formula is C38H28ClF4N11O2. The van der Waals surface area contributed by atoms with Gasteiger partial charge in [0.15, 0.2) is 34.3 Å². The second kappa shape index (κ2) is 16.6. The van der Waals surface area contributed by atoms with Crippen molar-refractivity contribution in [3.8, 4) is 45.8 Å². The van der Waals surface area contributed by atoms with Crippen LogP contribution in [0.3, 0.4) is 0 Å². The topological polar surface area (TPSA) is 142 Å². The van der Waals surface area contributed by atoms with Gasteiger partial charge in [-0.25, -0.2) is 37.5 Å². The fourth-order valence-electron chi connectivity index (χ4n) is 5.47. The fourth-order valence-corrected chi connectivity index (χ4v) is 5.60. The number of aromatic nitrogens is 10. The Hall–Kier alpha value is -7.01. The second-order valence-electron chi connectivity index (χ2n) is 12.0. The first-order valence-electron chi connectivity index (χ1n) is 16.7. The molecule has 0 N–H and O–H groups in total. The van der Waals surface area contributed by atoms with Crippen LogP contribution < -0.4 is 4.90 Å². The summed E-state index contributed by atoms with van der Waals surface area (Å²) in [6.45, 7) is 4.40. The Morgan fingerprint density at radius 2 is 1.18 bits per heavy atom. The Kier molecular flexibility index (Phi) is 11.0. The number of halogens is 5. The highest BCUT2D eigenvalue weighted by atomic mass is 35.5. The molecule has 0 fully saturated rings. The molecule has 0 aliphatic carbocycles. The third-order valence-electron chi connectivity index (χ3n) is 8.17. The largest absolute Gasteiger partial charge is 0.364 e. The van der Waals surface area contributed by atoms with Crippen LogP contribution in [0, 0.1) is 23.3 Å². The van der Waals surface area contributed by atoms with Gasteiger partial charge in [0.25, 0.3) is 0 Å². The molecule has 56 heavy (non-hydrogen) atoms. The van der Waals surface area contributed by atoms with Crippen LogP contribution in [0.1, 0.15) is 11.1 Å². The molecule has 0 aliphatic heterocycles. The molecule has 0 spiro atoms. The zero-order chi connectivity index (χ0) is 39.2. The van der Waals surface area contributed by atoms with E-state index < -0.39 is 11.6 Å². The van der Waals surface area contributed by atoms with Crippen LogP contribution in [0.2, 0.25) is 5.15 Å². The fraction of sp³-hybridized carbons (Fsp3) is 0.105. The highest BCUT2D eigenvalue weighted by Crippen LogP contribution is 2.28. The number of nitrogens with zero attached hydrogens (tertiary/aromatic N) is 11. The third-order valence-corrected chi connectivity index (χ3v) is 8.43. The SMILES string of the molecule is C=CCN(C)c1nc(-c2cc(-c3ccon3)n(Cc3ccccc3F)n2)ncc1F.Fc1ccccc1Cn1nc(-c2ncc(F)c(Cl)n2)cc1-c1ccon1. The Bertz CT molecular complexity index is 2590. The first kappa shape index (κ1) is 37.3. The van der Waals surface area contributed by atoms with E-state index in [0.29, 0.717) is 51.8 Å². The number of benzene rings is 2. The van der Waals surface area contributed by atoms with Gasteiger partial charge in [0, 0.05) is 36.9 Å². The van der Waals surface area contributed by atoms with Crippen LogP contribution in [0.5, 0.6) is 0 Å². The van der Waals surface area contributed by atoms with Crippen molar-refractivity contribution in [1.29, 1.82) is 0 Å². The van der Waals surface area contributed by atoms with Gasteiger partial charge in [-0.1, -0.05) is 64.4 Å². The van der Waals surface area contributed by atoms with Crippen LogP contribution in [0.4, 0.5) is 23.4 Å². The van der Waals surface area contributed by atoms with Crippen molar-refractivity contribution in [2.75, 3.05) is 18.5 Å². The van der Waals surface area contributed by atoms with Crippen molar-refractivity contribution in [3.63, 3.8) is 0 Å². The van der Waals surface area contributed by atoms with E-state index >= 15 is 0 Å². The molecule has 13 nitrogen and oxygen atoms in total. The molecule has 6 heterocycles. The van der Waals surface area contributed by atoms with Crippen LogP contribution >= 0.6 is 11.6 Å². The predicted octanol–water partition coefficient (Wildman–Crippen LogP) is 7.92. The van der Waals surface area contributed by atoms with Gasteiger partial charge in [0.1, 0.15) is 46.9 Å². The summed E-state index contributed by atoms with van der Waals surface area (Å²) in [6, 6.07) is 19.5. The van der Waals surface area contributed by atoms with Gasteiger partial charge >= 0.3 is 0 Å². The number of anilines is 1. The number of likely N-dealkylation sites (N-methyl/N-ethyl adjacent to an activating group) is 1. The molecule has 0 atom stereocenters. The lowest BCUT2D eigenvalue weighted by Gasteiger charge is -2.16. The molecule has 0 amide bonds. The summed E-state index contributed by atoms with van der Waals surface area (Å²) in [5, 5.41) is 16.5. The maximum Gasteiger partial charge on any atom is 0.183 e. The summed E-state index contributed by atoms with van der Waals surface area (Å²) in [6.07, 6.45) is 6.57. The standard InChI is InChI=1S/C21H18F2N6O.C17H10ClF2N5O/c1-3-9-28(2)21-16(23)12-24-20(25-21)18-11-19(17-8-10-30-27-17)29(26-18)13-14-6-4-5-7-15(14)22;18-16-12(20)8-21-17(22-16)14-7-15(13-5-6-26-24-13)25(23-14)9-10-3-1-2-4-11(10)19/h3-8,10-12H,1,9,13H2,2H3;1-8H,9H2. The molecule has 0 unspecified atom stereocenters. The highest BCUT2D eigenvalue weighted by Gasteiger charge is 2.20. The third kappa shape index (κ3) is 8.22. The van der Waals surface area contributed by atoms with E-state index in [0.717, 1.165) is 12.4 Å². The van der Waals surface area contributed by atoms with Gasteiger partial charge in [0.2, 0.25) is 0 Å². The molecule has 2 aromatic carbocycles. The van der Waals surface area contributed by atoms with Gasteiger partial charge in [0.05, 0.1) is 36.9 Å². The molecule has 0 aliphatic rings. The average Bonchev–Trinajstić information content (AvgIpc) is 4.03. The molecule has 282 valence electrons. The lowest BCUT2D eigenvalue weighted by Crippen LogP contribution is -2.20. The van der Waals surface area contributed by atoms with E-state index in [1.54, 1.807) is 88.1 Å². The minimum Gasteiger partial charge on any atom is -0.364 e. The smallest absolute Gasteiger partial charge is 0.183 e. The maximum absolute atomic E-state index is 14.2. The van der Waals surface area contributed by atoms with Crippen LogP contribution in [-0.2, 0) is 13.1 Å². The van der Waals surface area contributed by atoms with Crippen molar-refractivity contribution < 1.29 is 26.6 Å². The van der Waals surface area contributed by atoms with Gasteiger partial charge in [-0.05, 0) is 24.3 Å². The van der Waals surface area contributed by atoms with Gasteiger partial charge in [-0.15, -0.1) is 6.58 Å². The van der Waals surface area contributed by atoms with Gasteiger partial charge in [-0.2, -0.15) is 10.2 Å². The monoisotopic (exact) mass is 781 g/mol.